The van der Waals surface area contributed by atoms with Gasteiger partial charge in [0.25, 0.3) is 0 Å². The quantitative estimate of drug-likeness (QED) is 0.833. The Morgan fingerprint density at radius 1 is 1.44 bits per heavy atom. The van der Waals surface area contributed by atoms with Gasteiger partial charge in [-0.2, -0.15) is 13.2 Å². The highest BCUT2D eigenvalue weighted by molar-refractivity contribution is 9.10. The highest BCUT2D eigenvalue weighted by atomic mass is 79.9. The van der Waals surface area contributed by atoms with Crippen LogP contribution in [0.3, 0.4) is 0 Å². The van der Waals surface area contributed by atoms with E-state index in [0.29, 0.717) is 0 Å². The summed E-state index contributed by atoms with van der Waals surface area (Å²) in [5.41, 5.74) is 0.0752. The molecule has 0 aromatic heterocycles. The van der Waals surface area contributed by atoms with E-state index in [1.165, 1.54) is 12.1 Å². The molecule has 18 heavy (non-hydrogen) atoms. The van der Waals surface area contributed by atoms with Gasteiger partial charge in [-0.05, 0) is 34.1 Å². The molecule has 0 aliphatic heterocycles. The lowest BCUT2D eigenvalue weighted by molar-refractivity contribution is -0.190. The first-order valence-corrected chi connectivity index (χ1v) is 5.49. The molecule has 8 heteroatoms. The average molecular weight is 330 g/mol. The average Bonchev–Trinajstić information content (AvgIpc) is 2.21. The Labute approximate surface area is 108 Å². The number of anilines is 1. The normalized spacial score (nSPS) is 13.2. The molecule has 1 unspecified atom stereocenters. The van der Waals surface area contributed by atoms with Crippen molar-refractivity contribution in [3.05, 3.63) is 28.5 Å². The Bertz CT molecular complexity index is 450. The molecule has 0 bridgehead atoms. The number of alkyl halides is 3. The van der Waals surface area contributed by atoms with Crippen LogP contribution in [0.15, 0.2) is 22.7 Å². The van der Waals surface area contributed by atoms with Crippen molar-refractivity contribution in [2.24, 2.45) is 5.92 Å². The van der Waals surface area contributed by atoms with Crippen LogP contribution in [0.4, 0.5) is 23.2 Å². The maximum atomic E-state index is 13.1. The second-order valence-corrected chi connectivity index (χ2v) is 4.30. The van der Waals surface area contributed by atoms with Gasteiger partial charge >= 0.3 is 12.1 Å². The van der Waals surface area contributed by atoms with Crippen molar-refractivity contribution >= 4 is 27.6 Å². The maximum Gasteiger partial charge on any atom is 0.403 e. The second-order valence-electron chi connectivity index (χ2n) is 3.44. The van der Waals surface area contributed by atoms with E-state index in [4.69, 9.17) is 5.11 Å². The highest BCUT2D eigenvalue weighted by Gasteiger charge is 2.44. The van der Waals surface area contributed by atoms with E-state index in [0.717, 1.165) is 6.07 Å². The van der Waals surface area contributed by atoms with Gasteiger partial charge in [-0.1, -0.05) is 0 Å². The third kappa shape index (κ3) is 3.86. The number of rotatable bonds is 4. The summed E-state index contributed by atoms with van der Waals surface area (Å²) in [5, 5.41) is 10.7. The highest BCUT2D eigenvalue weighted by Crippen LogP contribution is 2.27. The lowest BCUT2D eigenvalue weighted by atomic mass is 10.1. The summed E-state index contributed by atoms with van der Waals surface area (Å²) in [6.07, 6.45) is -4.85. The topological polar surface area (TPSA) is 49.3 Å². The van der Waals surface area contributed by atoms with Gasteiger partial charge < -0.3 is 10.4 Å². The van der Waals surface area contributed by atoms with Gasteiger partial charge in [-0.3, -0.25) is 4.79 Å². The molecule has 0 aliphatic carbocycles. The molecule has 1 aromatic carbocycles. The van der Waals surface area contributed by atoms with Gasteiger partial charge in [0, 0.05) is 12.2 Å². The van der Waals surface area contributed by atoms with E-state index in [-0.39, 0.29) is 10.2 Å². The first-order chi connectivity index (χ1) is 8.21. The fourth-order valence-electron chi connectivity index (χ4n) is 1.17. The first kappa shape index (κ1) is 14.7. The van der Waals surface area contributed by atoms with Crippen LogP contribution in [-0.2, 0) is 4.79 Å². The predicted octanol–water partition coefficient (Wildman–Crippen LogP) is 3.26. The molecule has 100 valence electrons. The minimum atomic E-state index is -4.85. The molecule has 0 fully saturated rings. The Balaban J connectivity index is 2.73. The fraction of sp³-hybridized carbons (Fsp3) is 0.300. The van der Waals surface area contributed by atoms with Crippen molar-refractivity contribution in [2.45, 2.75) is 6.18 Å². The van der Waals surface area contributed by atoms with Crippen LogP contribution in [-0.4, -0.2) is 23.8 Å². The Morgan fingerprint density at radius 2 is 2.06 bits per heavy atom. The van der Waals surface area contributed by atoms with Crippen LogP contribution < -0.4 is 5.32 Å². The first-order valence-electron chi connectivity index (χ1n) is 4.70. The summed E-state index contributed by atoms with van der Waals surface area (Å²) < 4.78 is 50.2. The van der Waals surface area contributed by atoms with Gasteiger partial charge in [-0.25, -0.2) is 4.39 Å². The Kier molecular flexibility index (Phi) is 4.55. The van der Waals surface area contributed by atoms with Crippen LogP contribution in [0.1, 0.15) is 0 Å². The third-order valence-electron chi connectivity index (χ3n) is 2.12. The number of hydrogen-bond donors (Lipinski definition) is 2. The van der Waals surface area contributed by atoms with E-state index >= 15 is 0 Å². The van der Waals surface area contributed by atoms with Gasteiger partial charge in [0.2, 0.25) is 0 Å². The van der Waals surface area contributed by atoms with Gasteiger partial charge in [0.05, 0.1) is 4.47 Å². The molecular formula is C10H8BrF4NO2. The molecule has 2 N–H and O–H groups in total. The zero-order valence-electron chi connectivity index (χ0n) is 8.76. The fourth-order valence-corrected chi connectivity index (χ4v) is 1.42. The third-order valence-corrected chi connectivity index (χ3v) is 2.77. The van der Waals surface area contributed by atoms with Crippen LogP contribution in [0.5, 0.6) is 0 Å². The second kappa shape index (κ2) is 5.55. The lowest BCUT2D eigenvalue weighted by Gasteiger charge is -2.17. The molecule has 0 amide bonds. The summed E-state index contributed by atoms with van der Waals surface area (Å²) in [4.78, 5) is 10.4. The summed E-state index contributed by atoms with van der Waals surface area (Å²) in [6, 6.07) is 3.61. The molecule has 3 nitrogen and oxygen atoms in total. The standard InChI is InChI=1S/C10H8BrF4NO2/c11-7-2-1-5(3-8(7)12)16-4-6(9(17)18)10(13,14)15/h1-3,6,16H,4H2,(H,17,18). The molecule has 0 radical (unpaired) electrons. The van der Waals surface area contributed by atoms with E-state index in [1.807, 2.05) is 0 Å². The van der Waals surface area contributed by atoms with E-state index in [9.17, 15) is 22.4 Å². The largest absolute Gasteiger partial charge is 0.481 e. The molecule has 0 aliphatic rings. The molecule has 0 spiro atoms. The molecule has 1 atom stereocenters. The molecule has 0 saturated heterocycles. The number of nitrogens with one attached hydrogen (secondary N) is 1. The molecular weight excluding hydrogens is 322 g/mol. The lowest BCUT2D eigenvalue weighted by Crippen LogP contribution is -2.36. The Morgan fingerprint density at radius 3 is 2.50 bits per heavy atom. The zero-order chi connectivity index (χ0) is 13.9. The van der Waals surface area contributed by atoms with Crippen LogP contribution in [0, 0.1) is 11.7 Å². The number of halogens is 5. The summed E-state index contributed by atoms with van der Waals surface area (Å²) in [7, 11) is 0. The molecule has 0 saturated carbocycles. The maximum absolute atomic E-state index is 13.1. The van der Waals surface area contributed by atoms with E-state index in [1.54, 1.807) is 0 Å². The molecule has 1 rings (SSSR count). The number of carbonyl (C=O) groups is 1. The predicted molar refractivity (Wildman–Crippen MR) is 59.8 cm³/mol. The monoisotopic (exact) mass is 329 g/mol. The minimum absolute atomic E-state index is 0.0752. The number of carboxylic acids is 1. The van der Waals surface area contributed by atoms with Crippen molar-refractivity contribution in [2.75, 3.05) is 11.9 Å². The van der Waals surface area contributed by atoms with E-state index in [2.05, 4.69) is 21.2 Å². The van der Waals surface area contributed by atoms with Gasteiger partial charge in [0.15, 0.2) is 5.92 Å². The van der Waals surface area contributed by atoms with Crippen LogP contribution >= 0.6 is 15.9 Å². The molecule has 0 heterocycles. The number of aliphatic carboxylic acids is 1. The Hall–Kier alpha value is -1.31. The van der Waals surface area contributed by atoms with Crippen molar-refractivity contribution in [1.82, 2.24) is 0 Å². The van der Waals surface area contributed by atoms with Crippen LogP contribution in [0.2, 0.25) is 0 Å². The SMILES string of the molecule is O=C(O)C(CNc1ccc(Br)c(F)c1)C(F)(F)F. The summed E-state index contributed by atoms with van der Waals surface area (Å²) in [6.45, 7) is -0.861. The van der Waals surface area contributed by atoms with Crippen molar-refractivity contribution < 1.29 is 27.5 Å². The molecule has 1 aromatic rings. The summed E-state index contributed by atoms with van der Waals surface area (Å²) >= 11 is 2.89. The minimum Gasteiger partial charge on any atom is -0.481 e. The number of carboxylic acid groups (broad SMARTS) is 1. The van der Waals surface area contributed by atoms with Crippen molar-refractivity contribution in [1.29, 1.82) is 0 Å². The smallest absolute Gasteiger partial charge is 0.403 e. The van der Waals surface area contributed by atoms with Gasteiger partial charge in [-0.15, -0.1) is 0 Å². The van der Waals surface area contributed by atoms with Gasteiger partial charge in [0.1, 0.15) is 5.82 Å². The zero-order valence-corrected chi connectivity index (χ0v) is 10.3. The van der Waals surface area contributed by atoms with E-state index < -0.39 is 30.4 Å². The van der Waals surface area contributed by atoms with Crippen molar-refractivity contribution in [3.63, 3.8) is 0 Å². The number of benzene rings is 1. The van der Waals surface area contributed by atoms with Crippen LogP contribution in [0.25, 0.3) is 0 Å². The summed E-state index contributed by atoms with van der Waals surface area (Å²) in [5.74, 6) is -5.17. The van der Waals surface area contributed by atoms with Crippen molar-refractivity contribution in [3.8, 4) is 0 Å². The number of hydrogen-bond acceptors (Lipinski definition) is 2.